The van der Waals surface area contributed by atoms with Gasteiger partial charge in [0.2, 0.25) is 0 Å². The molecule has 0 saturated heterocycles. The fraction of sp³-hybridized carbons (Fsp3) is 1.00. The van der Waals surface area contributed by atoms with Crippen molar-refractivity contribution in [1.82, 2.24) is 0 Å². The Labute approximate surface area is 150 Å². The lowest BCUT2D eigenvalue weighted by atomic mass is 9.66. The smallest absolute Gasteiger partial charge is 0.0360 e. The highest BCUT2D eigenvalue weighted by molar-refractivity contribution is 4.82. The second kappa shape index (κ2) is 18.3. The zero-order valence-electron chi connectivity index (χ0n) is 18.1. The summed E-state index contributed by atoms with van der Waals surface area (Å²) in [6, 6.07) is 0. The molecule has 3 aliphatic rings. The Kier molecular flexibility index (Phi) is 20.1. The van der Waals surface area contributed by atoms with Crippen LogP contribution in [0.4, 0.5) is 0 Å². The standard InChI is InChI=1S/C11H22.C4H8.C3H6.C3H8.C2H6/c1-4-6-10(5-2)11-8-7-9(11)3;1-4-2-3-4;1-2-3-1;1-3-2;1-2/h9-11H,4-8H2,1-3H3;4H,2-3H2,1H3;1-3H2;3H2,1-2H3;1-2H3. The largest absolute Gasteiger partial charge is 0.0683 e. The molecule has 23 heavy (non-hydrogen) atoms. The molecule has 0 nitrogen and oxygen atoms in total. The second-order valence-corrected chi connectivity index (χ2v) is 7.63. The van der Waals surface area contributed by atoms with Gasteiger partial charge in [-0.05, 0) is 30.1 Å². The van der Waals surface area contributed by atoms with Gasteiger partial charge in [0.25, 0.3) is 0 Å². The SMILES string of the molecule is C1CC1.CC.CC1CC1.CCC.CCCC(CC)C1CCC1C. The maximum absolute atomic E-state index is 2.42. The topological polar surface area (TPSA) is 0 Å². The van der Waals surface area contributed by atoms with Gasteiger partial charge in [-0.3, -0.25) is 0 Å². The van der Waals surface area contributed by atoms with Crippen molar-refractivity contribution >= 4 is 0 Å². The molecule has 142 valence electrons. The molecule has 0 aromatic carbocycles. The molecule has 0 N–H and O–H groups in total. The van der Waals surface area contributed by atoms with Crippen molar-refractivity contribution in [2.75, 3.05) is 0 Å². The molecule has 0 aliphatic heterocycles. The summed E-state index contributed by atoms with van der Waals surface area (Å²) < 4.78 is 0. The summed E-state index contributed by atoms with van der Waals surface area (Å²) in [7, 11) is 0. The summed E-state index contributed by atoms with van der Waals surface area (Å²) in [6.07, 6.45) is 16.0. The minimum Gasteiger partial charge on any atom is -0.0683 e. The van der Waals surface area contributed by atoms with E-state index in [4.69, 9.17) is 0 Å². The maximum Gasteiger partial charge on any atom is -0.0360 e. The van der Waals surface area contributed by atoms with Crippen molar-refractivity contribution in [3.05, 3.63) is 0 Å². The van der Waals surface area contributed by atoms with E-state index in [2.05, 4.69) is 41.5 Å². The third kappa shape index (κ3) is 18.2. The van der Waals surface area contributed by atoms with E-state index in [1.807, 2.05) is 13.8 Å². The molecule has 3 fully saturated rings. The van der Waals surface area contributed by atoms with E-state index in [0.29, 0.717) is 0 Å². The van der Waals surface area contributed by atoms with Crippen LogP contribution >= 0.6 is 0 Å². The van der Waals surface area contributed by atoms with E-state index in [1.54, 1.807) is 0 Å². The predicted molar refractivity (Wildman–Crippen MR) is 110 cm³/mol. The van der Waals surface area contributed by atoms with Crippen molar-refractivity contribution in [1.29, 1.82) is 0 Å². The second-order valence-electron chi connectivity index (χ2n) is 7.63. The van der Waals surface area contributed by atoms with Gasteiger partial charge in [0.15, 0.2) is 0 Å². The molecule has 0 heterocycles. The molecule has 3 saturated carbocycles. The zero-order valence-corrected chi connectivity index (χ0v) is 18.1. The van der Waals surface area contributed by atoms with Crippen LogP contribution in [0.2, 0.25) is 0 Å². The first kappa shape index (κ1) is 25.2. The van der Waals surface area contributed by atoms with E-state index in [-0.39, 0.29) is 0 Å². The summed E-state index contributed by atoms with van der Waals surface area (Å²) in [4.78, 5) is 0. The predicted octanol–water partition coefficient (Wildman–Crippen LogP) is 8.89. The van der Waals surface area contributed by atoms with Crippen LogP contribution in [0.25, 0.3) is 0 Å². The van der Waals surface area contributed by atoms with Gasteiger partial charge in [0.1, 0.15) is 0 Å². The monoisotopic (exact) mass is 326 g/mol. The molecular formula is C23H50. The van der Waals surface area contributed by atoms with Gasteiger partial charge in [-0.1, -0.05) is 120 Å². The van der Waals surface area contributed by atoms with Gasteiger partial charge in [-0.2, -0.15) is 0 Å². The lowest BCUT2D eigenvalue weighted by Crippen LogP contribution is -2.30. The molecule has 0 radical (unpaired) electrons. The minimum absolute atomic E-state index is 1.03. The third-order valence-corrected chi connectivity index (χ3v) is 4.70. The Bertz CT molecular complexity index is 199. The van der Waals surface area contributed by atoms with Crippen molar-refractivity contribution in [3.8, 4) is 0 Å². The van der Waals surface area contributed by atoms with Crippen LogP contribution in [-0.2, 0) is 0 Å². The Morgan fingerprint density at radius 1 is 0.783 bits per heavy atom. The van der Waals surface area contributed by atoms with Crippen LogP contribution < -0.4 is 0 Å². The fourth-order valence-electron chi connectivity index (χ4n) is 2.65. The molecule has 3 rings (SSSR count). The molecule has 0 aromatic rings. The van der Waals surface area contributed by atoms with Crippen LogP contribution in [0.5, 0.6) is 0 Å². The fourth-order valence-corrected chi connectivity index (χ4v) is 2.65. The lowest BCUT2D eigenvalue weighted by Gasteiger charge is -2.39. The molecule has 0 amide bonds. The summed E-state index contributed by atoms with van der Waals surface area (Å²) in [5.74, 6) is 4.25. The quantitative estimate of drug-likeness (QED) is 0.483. The summed E-state index contributed by atoms with van der Waals surface area (Å²) in [5.41, 5.74) is 0. The molecule has 0 bridgehead atoms. The highest BCUT2D eigenvalue weighted by Gasteiger charge is 2.31. The first-order chi connectivity index (χ1) is 11.1. The van der Waals surface area contributed by atoms with Gasteiger partial charge >= 0.3 is 0 Å². The van der Waals surface area contributed by atoms with E-state index in [1.165, 1.54) is 70.6 Å². The Morgan fingerprint density at radius 2 is 1.22 bits per heavy atom. The highest BCUT2D eigenvalue weighted by atomic mass is 14.4. The lowest BCUT2D eigenvalue weighted by molar-refractivity contribution is 0.109. The minimum atomic E-state index is 1.03. The highest BCUT2D eigenvalue weighted by Crippen LogP contribution is 2.42. The zero-order chi connectivity index (χ0) is 18.1. The average Bonchev–Trinajstić information content (AvgIpc) is 3.43. The van der Waals surface area contributed by atoms with Crippen LogP contribution in [0.15, 0.2) is 0 Å². The number of rotatable bonds is 4. The Hall–Kier alpha value is 0. The molecule has 0 heteroatoms. The molecule has 0 aromatic heterocycles. The molecular weight excluding hydrogens is 276 g/mol. The summed E-state index contributed by atoms with van der Waals surface area (Å²) in [5, 5.41) is 0. The van der Waals surface area contributed by atoms with E-state index in [9.17, 15) is 0 Å². The van der Waals surface area contributed by atoms with E-state index < -0.39 is 0 Å². The average molecular weight is 327 g/mol. The van der Waals surface area contributed by atoms with E-state index >= 15 is 0 Å². The van der Waals surface area contributed by atoms with Gasteiger partial charge in [0, 0.05) is 0 Å². The third-order valence-electron chi connectivity index (χ3n) is 4.70. The van der Waals surface area contributed by atoms with Crippen molar-refractivity contribution in [2.24, 2.45) is 23.7 Å². The normalized spacial score (nSPS) is 24.5. The number of hydrogen-bond donors (Lipinski definition) is 0. The first-order valence-electron chi connectivity index (χ1n) is 11.1. The first-order valence-corrected chi connectivity index (χ1v) is 11.1. The molecule has 0 spiro atoms. The van der Waals surface area contributed by atoms with Crippen LogP contribution in [0.1, 0.15) is 126 Å². The Morgan fingerprint density at radius 3 is 1.35 bits per heavy atom. The van der Waals surface area contributed by atoms with E-state index in [0.717, 1.165) is 23.7 Å². The summed E-state index contributed by atoms with van der Waals surface area (Å²) >= 11 is 0. The van der Waals surface area contributed by atoms with Crippen molar-refractivity contribution in [3.63, 3.8) is 0 Å². The van der Waals surface area contributed by atoms with Crippen LogP contribution in [0, 0.1) is 23.7 Å². The Balaban J connectivity index is 0. The summed E-state index contributed by atoms with van der Waals surface area (Å²) in [6.45, 7) is 17.6. The van der Waals surface area contributed by atoms with Crippen molar-refractivity contribution in [2.45, 2.75) is 126 Å². The molecule has 3 aliphatic carbocycles. The van der Waals surface area contributed by atoms with Gasteiger partial charge < -0.3 is 0 Å². The van der Waals surface area contributed by atoms with Crippen molar-refractivity contribution < 1.29 is 0 Å². The number of hydrogen-bond acceptors (Lipinski definition) is 0. The molecule has 3 atom stereocenters. The molecule has 3 unspecified atom stereocenters. The van der Waals surface area contributed by atoms with Gasteiger partial charge in [0.05, 0.1) is 0 Å². The van der Waals surface area contributed by atoms with Gasteiger partial charge in [-0.25, -0.2) is 0 Å². The maximum atomic E-state index is 2.42. The van der Waals surface area contributed by atoms with Crippen LogP contribution in [-0.4, -0.2) is 0 Å². The van der Waals surface area contributed by atoms with Gasteiger partial charge in [-0.15, -0.1) is 0 Å². The van der Waals surface area contributed by atoms with Crippen LogP contribution in [0.3, 0.4) is 0 Å².